The maximum absolute atomic E-state index is 12.8. The highest BCUT2D eigenvalue weighted by Gasteiger charge is 2.37. The van der Waals surface area contributed by atoms with Gasteiger partial charge in [0.1, 0.15) is 0 Å². The minimum atomic E-state index is -4.36. The van der Waals surface area contributed by atoms with Gasteiger partial charge in [-0.05, 0) is 20.1 Å². The first-order valence-electron chi connectivity index (χ1n) is 6.35. The average Bonchev–Trinajstić information content (AvgIpc) is 2.74. The molecule has 0 fully saturated rings. The maximum atomic E-state index is 12.8. The molecule has 0 spiro atoms. The van der Waals surface area contributed by atoms with Crippen molar-refractivity contribution in [2.75, 3.05) is 26.7 Å². The molecule has 0 radical (unpaired) electrons. The number of hydrogen-bond acceptors (Lipinski definition) is 4. The molecule has 0 bridgehead atoms. The first-order chi connectivity index (χ1) is 8.92. The maximum Gasteiger partial charge on any atom is 0.434 e. The third-order valence-electron chi connectivity index (χ3n) is 2.88. The highest BCUT2D eigenvalue weighted by molar-refractivity contribution is 7.11. The van der Waals surface area contributed by atoms with Gasteiger partial charge in [-0.25, -0.2) is 4.98 Å². The van der Waals surface area contributed by atoms with Crippen LogP contribution in [-0.4, -0.2) is 36.6 Å². The van der Waals surface area contributed by atoms with E-state index in [0.29, 0.717) is 11.4 Å². The Hall–Kier alpha value is -0.660. The molecule has 0 aliphatic rings. The van der Waals surface area contributed by atoms with Crippen molar-refractivity contribution in [2.45, 2.75) is 33.0 Å². The third-order valence-corrected chi connectivity index (χ3v) is 4.00. The van der Waals surface area contributed by atoms with Crippen LogP contribution in [0.5, 0.6) is 0 Å². The number of nitrogens with zero attached hydrogens (tertiary/aromatic N) is 2. The summed E-state index contributed by atoms with van der Waals surface area (Å²) in [6.07, 6.45) is -3.80. The molecule has 0 aromatic carbocycles. The second kappa shape index (κ2) is 7.21. The molecule has 19 heavy (non-hydrogen) atoms. The predicted molar refractivity (Wildman–Crippen MR) is 71.4 cm³/mol. The second-order valence-electron chi connectivity index (χ2n) is 4.18. The van der Waals surface area contributed by atoms with Crippen LogP contribution in [0, 0.1) is 0 Å². The Bertz CT molecular complexity index is 386. The normalized spacial score (nSPS) is 12.4. The quantitative estimate of drug-likeness (QED) is 0.838. The second-order valence-corrected chi connectivity index (χ2v) is 5.35. The van der Waals surface area contributed by atoms with Crippen LogP contribution in [0.2, 0.25) is 0 Å². The average molecular weight is 295 g/mol. The first-order valence-corrected chi connectivity index (χ1v) is 7.16. The highest BCUT2D eigenvalue weighted by Crippen LogP contribution is 2.34. The van der Waals surface area contributed by atoms with Gasteiger partial charge in [-0.1, -0.05) is 13.8 Å². The number of rotatable bonds is 7. The van der Waals surface area contributed by atoms with E-state index in [0.717, 1.165) is 31.0 Å². The van der Waals surface area contributed by atoms with Crippen LogP contribution in [-0.2, 0) is 19.1 Å². The fraction of sp³-hybridized carbons (Fsp3) is 0.750. The molecule has 1 heterocycles. The van der Waals surface area contributed by atoms with Gasteiger partial charge >= 0.3 is 6.18 Å². The van der Waals surface area contributed by atoms with Crippen molar-refractivity contribution in [3.63, 3.8) is 0 Å². The Morgan fingerprint density at radius 2 is 1.89 bits per heavy atom. The summed E-state index contributed by atoms with van der Waals surface area (Å²) in [5, 5.41) is 3.32. The number of alkyl halides is 3. The summed E-state index contributed by atoms with van der Waals surface area (Å²) in [5.74, 6) is 0. The summed E-state index contributed by atoms with van der Waals surface area (Å²) < 4.78 is 38.5. The lowest BCUT2D eigenvalue weighted by Gasteiger charge is -2.16. The number of nitrogens with one attached hydrogen (secondary N) is 1. The van der Waals surface area contributed by atoms with E-state index >= 15 is 0 Å². The summed E-state index contributed by atoms with van der Waals surface area (Å²) in [7, 11) is 1.63. The zero-order valence-electron chi connectivity index (χ0n) is 11.5. The Balaban J connectivity index is 2.80. The van der Waals surface area contributed by atoms with Crippen LogP contribution in [0.3, 0.4) is 0 Å². The van der Waals surface area contributed by atoms with E-state index in [1.165, 1.54) is 0 Å². The summed E-state index contributed by atoms with van der Waals surface area (Å²) in [6.45, 7) is 6.83. The molecular weight excluding hydrogens is 275 g/mol. The molecular formula is C12H20F3N3S. The largest absolute Gasteiger partial charge is 0.434 e. The van der Waals surface area contributed by atoms with Crippen molar-refractivity contribution < 1.29 is 13.2 Å². The van der Waals surface area contributed by atoms with E-state index in [1.807, 2.05) is 13.8 Å². The molecule has 0 saturated carbocycles. The van der Waals surface area contributed by atoms with E-state index in [-0.39, 0.29) is 11.4 Å². The van der Waals surface area contributed by atoms with Gasteiger partial charge in [-0.15, -0.1) is 11.3 Å². The SMILES string of the molecule is CCN(CC)CCc1nc(C(F)(F)F)c(CNC)s1. The van der Waals surface area contributed by atoms with Crippen LogP contribution in [0.25, 0.3) is 0 Å². The molecule has 7 heteroatoms. The van der Waals surface area contributed by atoms with Gasteiger partial charge in [-0.2, -0.15) is 13.2 Å². The summed E-state index contributed by atoms with van der Waals surface area (Å²) in [6, 6.07) is 0. The molecule has 3 nitrogen and oxygen atoms in total. The predicted octanol–water partition coefficient (Wildman–Crippen LogP) is 2.77. The van der Waals surface area contributed by atoms with Crippen molar-refractivity contribution in [2.24, 2.45) is 0 Å². The zero-order chi connectivity index (χ0) is 14.5. The van der Waals surface area contributed by atoms with Crippen LogP contribution in [0.4, 0.5) is 13.2 Å². The first kappa shape index (κ1) is 16.4. The monoisotopic (exact) mass is 295 g/mol. The highest BCUT2D eigenvalue weighted by atomic mass is 32.1. The Labute approximate surface area is 115 Å². The van der Waals surface area contributed by atoms with Crippen molar-refractivity contribution >= 4 is 11.3 Å². The van der Waals surface area contributed by atoms with Crippen LogP contribution in [0.15, 0.2) is 0 Å². The number of aromatic nitrogens is 1. The standard InChI is InChI=1S/C12H20F3N3S/c1-4-18(5-2)7-6-10-17-11(12(13,14)15)9(19-10)8-16-3/h16H,4-8H2,1-3H3. The molecule has 0 atom stereocenters. The molecule has 1 N–H and O–H groups in total. The molecule has 1 rings (SSSR count). The fourth-order valence-electron chi connectivity index (χ4n) is 1.80. The molecule has 110 valence electrons. The number of thiazole rings is 1. The van der Waals surface area contributed by atoms with Crippen LogP contribution in [0.1, 0.15) is 29.4 Å². The molecule has 1 aromatic heterocycles. The number of halogens is 3. The van der Waals surface area contributed by atoms with E-state index in [1.54, 1.807) is 7.05 Å². The Morgan fingerprint density at radius 1 is 1.26 bits per heavy atom. The summed E-state index contributed by atoms with van der Waals surface area (Å²) in [5.41, 5.74) is -0.735. The Morgan fingerprint density at radius 3 is 2.37 bits per heavy atom. The van der Waals surface area contributed by atoms with Gasteiger partial charge in [0.2, 0.25) is 0 Å². The van der Waals surface area contributed by atoms with Crippen molar-refractivity contribution in [1.82, 2.24) is 15.2 Å². The molecule has 0 saturated heterocycles. The van der Waals surface area contributed by atoms with Gasteiger partial charge < -0.3 is 10.2 Å². The van der Waals surface area contributed by atoms with E-state index < -0.39 is 11.9 Å². The molecule has 0 aliphatic heterocycles. The minimum absolute atomic E-state index is 0.206. The topological polar surface area (TPSA) is 28.2 Å². The number of hydrogen-bond donors (Lipinski definition) is 1. The van der Waals surface area contributed by atoms with Crippen molar-refractivity contribution in [3.05, 3.63) is 15.6 Å². The van der Waals surface area contributed by atoms with Gasteiger partial charge in [0.25, 0.3) is 0 Å². The number of likely N-dealkylation sites (N-methyl/N-ethyl adjacent to an activating group) is 1. The lowest BCUT2D eigenvalue weighted by Crippen LogP contribution is -2.25. The third kappa shape index (κ3) is 4.74. The van der Waals surface area contributed by atoms with Crippen LogP contribution < -0.4 is 5.32 Å². The fourth-order valence-corrected chi connectivity index (χ4v) is 2.89. The summed E-state index contributed by atoms with van der Waals surface area (Å²) >= 11 is 1.15. The van der Waals surface area contributed by atoms with E-state index in [9.17, 15) is 13.2 Å². The van der Waals surface area contributed by atoms with Gasteiger partial charge in [0.05, 0.1) is 9.88 Å². The minimum Gasteiger partial charge on any atom is -0.315 e. The van der Waals surface area contributed by atoms with E-state index in [4.69, 9.17) is 0 Å². The van der Waals surface area contributed by atoms with Gasteiger partial charge in [0.15, 0.2) is 5.69 Å². The smallest absolute Gasteiger partial charge is 0.315 e. The molecule has 1 aromatic rings. The lowest BCUT2D eigenvalue weighted by molar-refractivity contribution is -0.141. The van der Waals surface area contributed by atoms with Gasteiger partial charge in [-0.3, -0.25) is 0 Å². The molecule has 0 unspecified atom stereocenters. The summed E-state index contributed by atoms with van der Waals surface area (Å²) in [4.78, 5) is 6.21. The Kier molecular flexibility index (Phi) is 6.22. The lowest BCUT2D eigenvalue weighted by atomic mass is 10.3. The zero-order valence-corrected chi connectivity index (χ0v) is 12.3. The van der Waals surface area contributed by atoms with Crippen molar-refractivity contribution in [3.8, 4) is 0 Å². The molecule has 0 aliphatic carbocycles. The van der Waals surface area contributed by atoms with E-state index in [2.05, 4.69) is 15.2 Å². The van der Waals surface area contributed by atoms with Crippen molar-refractivity contribution in [1.29, 1.82) is 0 Å². The van der Waals surface area contributed by atoms with Crippen LogP contribution >= 0.6 is 11.3 Å². The van der Waals surface area contributed by atoms with Gasteiger partial charge in [0, 0.05) is 19.5 Å². The molecule has 0 amide bonds.